The van der Waals surface area contributed by atoms with Gasteiger partial charge in [0.1, 0.15) is 0 Å². The highest BCUT2D eigenvalue weighted by Gasteiger charge is 2.41. The van der Waals surface area contributed by atoms with E-state index in [1.807, 2.05) is 39.0 Å². The lowest BCUT2D eigenvalue weighted by molar-refractivity contribution is -0.0120. The van der Waals surface area contributed by atoms with Crippen molar-refractivity contribution in [1.29, 1.82) is 0 Å². The summed E-state index contributed by atoms with van der Waals surface area (Å²) in [5.74, 6) is 0. The number of aliphatic imine (C=N–C) groups is 2. The molecule has 1 N–H and O–H groups in total. The van der Waals surface area contributed by atoms with Crippen molar-refractivity contribution in [2.45, 2.75) is 45.3 Å². The molecule has 0 bridgehead atoms. The molecular formula is C23H30N2O2. The molecule has 0 amide bonds. The number of aliphatic hydroxyl groups is 1. The molecule has 1 aliphatic rings. The highest BCUT2D eigenvalue weighted by atomic mass is 16.5. The van der Waals surface area contributed by atoms with Gasteiger partial charge in [0.25, 0.3) is 0 Å². The molecule has 1 aromatic rings. The zero-order chi connectivity index (χ0) is 19.9. The maximum Gasteiger partial charge on any atom is 0.155 e. The molecule has 4 heteroatoms. The Morgan fingerprint density at radius 3 is 2.41 bits per heavy atom. The Morgan fingerprint density at radius 1 is 1.22 bits per heavy atom. The van der Waals surface area contributed by atoms with Gasteiger partial charge < -0.3 is 9.84 Å². The number of hydrogen-bond acceptors (Lipinski definition) is 4. The number of nitrogens with zero attached hydrogens (tertiary/aromatic N) is 2. The molecule has 0 saturated carbocycles. The van der Waals surface area contributed by atoms with E-state index in [-0.39, 0.29) is 0 Å². The van der Waals surface area contributed by atoms with Crippen molar-refractivity contribution in [3.63, 3.8) is 0 Å². The molecule has 1 aromatic carbocycles. The van der Waals surface area contributed by atoms with E-state index >= 15 is 0 Å². The molecule has 1 aliphatic heterocycles. The van der Waals surface area contributed by atoms with Gasteiger partial charge in [0.15, 0.2) is 6.23 Å². The van der Waals surface area contributed by atoms with E-state index in [1.165, 1.54) is 0 Å². The maximum absolute atomic E-state index is 11.0. The Morgan fingerprint density at radius 2 is 1.85 bits per heavy atom. The Hall–Kier alpha value is -2.30. The monoisotopic (exact) mass is 366 g/mol. The van der Waals surface area contributed by atoms with Gasteiger partial charge in [0.2, 0.25) is 0 Å². The lowest BCUT2D eigenvalue weighted by Crippen LogP contribution is -2.43. The van der Waals surface area contributed by atoms with Crippen molar-refractivity contribution in [2.75, 3.05) is 13.2 Å². The average Bonchev–Trinajstić information content (AvgIpc) is 2.68. The zero-order valence-electron chi connectivity index (χ0n) is 16.6. The van der Waals surface area contributed by atoms with Crippen LogP contribution >= 0.6 is 0 Å². The molecule has 0 aliphatic carbocycles. The SMILES string of the molecule is C=NC(=C)C=C(C)c1ccc(C2(C(O)N=C(C)/C=C\C)CCOCC2)cc1. The minimum Gasteiger partial charge on any atom is -0.381 e. The Labute approximate surface area is 162 Å². The number of hydrogen-bond donors (Lipinski definition) is 1. The molecule has 144 valence electrons. The smallest absolute Gasteiger partial charge is 0.155 e. The Kier molecular flexibility index (Phi) is 7.45. The normalized spacial score (nSPS) is 19.1. The second-order valence-electron chi connectivity index (χ2n) is 6.97. The summed E-state index contributed by atoms with van der Waals surface area (Å²) in [7, 11) is 0. The van der Waals surface area contributed by atoms with Crippen molar-refractivity contribution >= 4 is 18.0 Å². The van der Waals surface area contributed by atoms with Crippen LogP contribution in [0.4, 0.5) is 0 Å². The number of benzene rings is 1. The van der Waals surface area contributed by atoms with Crippen molar-refractivity contribution < 1.29 is 9.84 Å². The predicted molar refractivity (Wildman–Crippen MR) is 114 cm³/mol. The molecule has 1 heterocycles. The van der Waals surface area contributed by atoms with Gasteiger partial charge in [-0.1, -0.05) is 36.9 Å². The molecule has 27 heavy (non-hydrogen) atoms. The van der Waals surface area contributed by atoms with Crippen LogP contribution in [0.3, 0.4) is 0 Å². The quantitative estimate of drug-likeness (QED) is 0.561. The van der Waals surface area contributed by atoms with E-state index in [0.29, 0.717) is 18.9 Å². The second-order valence-corrected chi connectivity index (χ2v) is 6.97. The van der Waals surface area contributed by atoms with Crippen LogP contribution in [-0.2, 0) is 10.2 Å². The Balaban J connectivity index is 2.37. The molecule has 1 fully saturated rings. The van der Waals surface area contributed by atoms with E-state index < -0.39 is 11.6 Å². The molecule has 0 aromatic heterocycles. The first-order valence-corrected chi connectivity index (χ1v) is 9.30. The summed E-state index contributed by atoms with van der Waals surface area (Å²) < 4.78 is 5.56. The summed E-state index contributed by atoms with van der Waals surface area (Å²) in [4.78, 5) is 8.37. The highest BCUT2D eigenvalue weighted by Crippen LogP contribution is 2.39. The molecule has 0 spiro atoms. The summed E-state index contributed by atoms with van der Waals surface area (Å²) >= 11 is 0. The van der Waals surface area contributed by atoms with Gasteiger partial charge in [-0.05, 0) is 69.2 Å². The fourth-order valence-corrected chi connectivity index (χ4v) is 3.48. The van der Waals surface area contributed by atoms with Gasteiger partial charge in [0.05, 0.1) is 5.70 Å². The van der Waals surface area contributed by atoms with Crippen molar-refractivity contribution in [1.82, 2.24) is 0 Å². The van der Waals surface area contributed by atoms with Crippen LogP contribution in [-0.4, -0.2) is 37.0 Å². The molecule has 1 atom stereocenters. The van der Waals surface area contributed by atoms with Crippen molar-refractivity contribution in [3.05, 3.63) is 65.9 Å². The van der Waals surface area contributed by atoms with Crippen LogP contribution < -0.4 is 0 Å². The molecule has 1 saturated heterocycles. The number of allylic oxidation sites excluding steroid dienone is 4. The number of aliphatic hydroxyl groups excluding tert-OH is 1. The van der Waals surface area contributed by atoms with Crippen molar-refractivity contribution in [2.24, 2.45) is 9.98 Å². The maximum atomic E-state index is 11.0. The van der Waals surface area contributed by atoms with Gasteiger partial charge in [-0.3, -0.25) is 9.98 Å². The van der Waals surface area contributed by atoms with Crippen LogP contribution in [0.2, 0.25) is 0 Å². The van der Waals surface area contributed by atoms with Gasteiger partial charge in [-0.2, -0.15) is 0 Å². The third-order valence-corrected chi connectivity index (χ3v) is 5.11. The number of ether oxygens (including phenoxy) is 1. The van der Waals surface area contributed by atoms with Gasteiger partial charge in [-0.25, -0.2) is 0 Å². The summed E-state index contributed by atoms with van der Waals surface area (Å²) in [6, 6.07) is 8.33. The van der Waals surface area contributed by atoms with Crippen LogP contribution in [0.5, 0.6) is 0 Å². The predicted octanol–water partition coefficient (Wildman–Crippen LogP) is 4.71. The average molecular weight is 367 g/mol. The first-order valence-electron chi connectivity index (χ1n) is 9.30. The van der Waals surface area contributed by atoms with E-state index in [0.717, 1.165) is 35.3 Å². The van der Waals surface area contributed by atoms with Crippen molar-refractivity contribution in [3.8, 4) is 0 Å². The summed E-state index contributed by atoms with van der Waals surface area (Å²) in [6.07, 6.45) is 6.43. The zero-order valence-corrected chi connectivity index (χ0v) is 16.6. The third-order valence-electron chi connectivity index (χ3n) is 5.11. The first-order chi connectivity index (χ1) is 12.9. The lowest BCUT2D eigenvalue weighted by Gasteiger charge is -2.40. The van der Waals surface area contributed by atoms with E-state index in [4.69, 9.17) is 4.74 Å². The highest BCUT2D eigenvalue weighted by molar-refractivity contribution is 5.92. The molecule has 4 nitrogen and oxygen atoms in total. The molecule has 1 unspecified atom stereocenters. The van der Waals surface area contributed by atoms with Crippen LogP contribution in [0.1, 0.15) is 44.7 Å². The minimum atomic E-state index is -0.801. The van der Waals surface area contributed by atoms with Gasteiger partial charge >= 0.3 is 0 Å². The second kappa shape index (κ2) is 9.58. The lowest BCUT2D eigenvalue weighted by atomic mass is 9.72. The minimum absolute atomic E-state index is 0.427. The summed E-state index contributed by atoms with van der Waals surface area (Å²) in [6.45, 7) is 14.5. The van der Waals surface area contributed by atoms with Gasteiger partial charge in [0, 0.05) is 24.3 Å². The van der Waals surface area contributed by atoms with Gasteiger partial charge in [-0.15, -0.1) is 0 Å². The first kappa shape index (κ1) is 21.0. The molecular weight excluding hydrogens is 336 g/mol. The standard InChI is InChI=1S/C23H30N2O2/c1-6-7-18(3)25-22(26)23(12-14-27-15-13-23)21-10-8-20(9-11-21)17(2)16-19(4)24-5/h6-11,16,22,26H,4-5,12-15H2,1-3H3/b7-6-,17-16?,25-18?. The fraction of sp³-hybridized carbons (Fsp3) is 0.391. The summed E-state index contributed by atoms with van der Waals surface area (Å²) in [5, 5.41) is 11.0. The van der Waals surface area contributed by atoms with E-state index in [1.54, 1.807) is 0 Å². The number of rotatable bonds is 7. The van der Waals surface area contributed by atoms with Crippen LogP contribution in [0.15, 0.2) is 64.8 Å². The Bertz CT molecular complexity index is 751. The largest absolute Gasteiger partial charge is 0.381 e. The molecule has 2 rings (SSSR count). The van der Waals surface area contributed by atoms with Crippen LogP contribution in [0.25, 0.3) is 5.57 Å². The third kappa shape index (κ3) is 5.12. The van der Waals surface area contributed by atoms with E-state index in [2.05, 4.69) is 47.5 Å². The van der Waals surface area contributed by atoms with Crippen LogP contribution in [0, 0.1) is 0 Å². The van der Waals surface area contributed by atoms with E-state index in [9.17, 15) is 5.11 Å². The fourth-order valence-electron chi connectivity index (χ4n) is 3.48. The molecule has 0 radical (unpaired) electrons. The summed E-state index contributed by atoms with van der Waals surface area (Å²) in [5.41, 5.74) is 4.29. The topological polar surface area (TPSA) is 54.2 Å².